The SMILES string of the molecule is CC(=O)Sc1ccc(N(C)c2ccc(N(C)c3ccc(SC(C)=O)cc3)cc2)cc1. The molecule has 0 heterocycles. The molecule has 0 saturated heterocycles. The first-order valence-corrected chi connectivity index (χ1v) is 11.1. The number of anilines is 4. The first kappa shape index (κ1) is 22.0. The number of thioether (sulfide) groups is 2. The van der Waals surface area contributed by atoms with Crippen LogP contribution >= 0.6 is 23.5 Å². The molecular weight excluding hydrogens is 412 g/mol. The minimum atomic E-state index is 0.0862. The maximum absolute atomic E-state index is 11.2. The summed E-state index contributed by atoms with van der Waals surface area (Å²) in [4.78, 5) is 28.6. The second-order valence-corrected chi connectivity index (χ2v) is 9.31. The Labute approximate surface area is 186 Å². The Morgan fingerprint density at radius 1 is 0.533 bits per heavy atom. The van der Waals surface area contributed by atoms with E-state index in [1.807, 2.05) is 62.6 Å². The maximum Gasteiger partial charge on any atom is 0.190 e. The molecule has 0 aliphatic heterocycles. The molecule has 30 heavy (non-hydrogen) atoms. The van der Waals surface area contributed by atoms with Crippen LogP contribution in [0.25, 0.3) is 0 Å². The van der Waals surface area contributed by atoms with Crippen LogP contribution in [0, 0.1) is 0 Å². The third-order valence-corrected chi connectivity index (χ3v) is 6.19. The predicted molar refractivity (Wildman–Crippen MR) is 129 cm³/mol. The van der Waals surface area contributed by atoms with E-state index in [2.05, 4.69) is 34.1 Å². The Kier molecular flexibility index (Phi) is 7.24. The topological polar surface area (TPSA) is 40.6 Å². The van der Waals surface area contributed by atoms with Crippen LogP contribution in [0.3, 0.4) is 0 Å². The van der Waals surface area contributed by atoms with Gasteiger partial charge in [0.25, 0.3) is 0 Å². The van der Waals surface area contributed by atoms with Crippen molar-refractivity contribution >= 4 is 56.5 Å². The number of hydrogen-bond acceptors (Lipinski definition) is 6. The van der Waals surface area contributed by atoms with Crippen LogP contribution in [0.1, 0.15) is 13.8 Å². The molecule has 4 nitrogen and oxygen atoms in total. The van der Waals surface area contributed by atoms with Crippen LogP contribution < -0.4 is 9.80 Å². The summed E-state index contributed by atoms with van der Waals surface area (Å²) in [7, 11) is 4.05. The van der Waals surface area contributed by atoms with E-state index < -0.39 is 0 Å². The molecule has 0 aliphatic rings. The smallest absolute Gasteiger partial charge is 0.190 e. The normalized spacial score (nSPS) is 10.5. The van der Waals surface area contributed by atoms with E-state index in [9.17, 15) is 9.59 Å². The first-order valence-electron chi connectivity index (χ1n) is 9.48. The molecule has 0 bridgehead atoms. The summed E-state index contributed by atoms with van der Waals surface area (Å²) in [6.07, 6.45) is 0. The number of benzene rings is 3. The quantitative estimate of drug-likeness (QED) is 0.411. The molecule has 3 aromatic carbocycles. The van der Waals surface area contributed by atoms with Gasteiger partial charge in [0.15, 0.2) is 10.2 Å². The van der Waals surface area contributed by atoms with Gasteiger partial charge in [-0.05, 0) is 72.8 Å². The Bertz CT molecular complexity index is 932. The fraction of sp³-hybridized carbons (Fsp3) is 0.167. The van der Waals surface area contributed by atoms with Gasteiger partial charge in [-0.15, -0.1) is 0 Å². The van der Waals surface area contributed by atoms with Gasteiger partial charge in [0, 0.05) is 60.5 Å². The number of carbonyl (C=O) groups is 2. The van der Waals surface area contributed by atoms with Crippen molar-refractivity contribution in [3.05, 3.63) is 72.8 Å². The van der Waals surface area contributed by atoms with Crippen molar-refractivity contribution in [3.63, 3.8) is 0 Å². The van der Waals surface area contributed by atoms with E-state index in [0.717, 1.165) is 32.5 Å². The standard InChI is InChI=1S/C24H24N2O2S2/c1-17(27)29-23-13-9-21(10-14-23)25(3)19-5-7-20(8-6-19)26(4)22-11-15-24(16-12-22)30-18(2)28/h5-16H,1-4H3. The summed E-state index contributed by atoms with van der Waals surface area (Å²) < 4.78 is 0. The number of hydrogen-bond donors (Lipinski definition) is 0. The molecule has 0 spiro atoms. The highest BCUT2D eigenvalue weighted by atomic mass is 32.2. The van der Waals surface area contributed by atoms with Crippen molar-refractivity contribution in [1.29, 1.82) is 0 Å². The van der Waals surface area contributed by atoms with Gasteiger partial charge in [0.05, 0.1) is 0 Å². The van der Waals surface area contributed by atoms with Gasteiger partial charge in [-0.3, -0.25) is 9.59 Å². The van der Waals surface area contributed by atoms with Crippen molar-refractivity contribution < 1.29 is 9.59 Å². The van der Waals surface area contributed by atoms with Crippen molar-refractivity contribution in [2.24, 2.45) is 0 Å². The maximum atomic E-state index is 11.2. The fourth-order valence-corrected chi connectivity index (χ4v) is 4.21. The Morgan fingerprint density at radius 2 is 0.767 bits per heavy atom. The van der Waals surface area contributed by atoms with Gasteiger partial charge in [0.1, 0.15) is 0 Å². The minimum Gasteiger partial charge on any atom is -0.345 e. The largest absolute Gasteiger partial charge is 0.345 e. The average molecular weight is 437 g/mol. The van der Waals surface area contributed by atoms with Crippen molar-refractivity contribution in [1.82, 2.24) is 0 Å². The average Bonchev–Trinajstić information content (AvgIpc) is 2.73. The van der Waals surface area contributed by atoms with Crippen molar-refractivity contribution in [2.75, 3.05) is 23.9 Å². The van der Waals surface area contributed by atoms with Gasteiger partial charge in [0.2, 0.25) is 0 Å². The zero-order valence-electron chi connectivity index (χ0n) is 17.5. The highest BCUT2D eigenvalue weighted by Gasteiger charge is 2.08. The van der Waals surface area contributed by atoms with E-state index in [0.29, 0.717) is 0 Å². The monoisotopic (exact) mass is 436 g/mol. The van der Waals surface area contributed by atoms with Crippen LogP contribution in [0.5, 0.6) is 0 Å². The zero-order valence-corrected chi connectivity index (χ0v) is 19.1. The molecule has 0 amide bonds. The lowest BCUT2D eigenvalue weighted by Crippen LogP contribution is -2.11. The van der Waals surface area contributed by atoms with Crippen LogP contribution in [0.15, 0.2) is 82.6 Å². The van der Waals surface area contributed by atoms with Crippen LogP contribution in [0.4, 0.5) is 22.7 Å². The fourth-order valence-electron chi connectivity index (χ4n) is 3.01. The van der Waals surface area contributed by atoms with Crippen LogP contribution in [-0.4, -0.2) is 24.3 Å². The molecule has 3 aromatic rings. The molecule has 6 heteroatoms. The van der Waals surface area contributed by atoms with Crippen LogP contribution in [-0.2, 0) is 9.59 Å². The van der Waals surface area contributed by atoms with Gasteiger partial charge in [-0.1, -0.05) is 23.5 Å². The molecular formula is C24H24N2O2S2. The van der Waals surface area contributed by atoms with Crippen LogP contribution in [0.2, 0.25) is 0 Å². The zero-order chi connectivity index (χ0) is 21.7. The second kappa shape index (κ2) is 9.87. The van der Waals surface area contributed by atoms with Crippen molar-refractivity contribution in [3.8, 4) is 0 Å². The minimum absolute atomic E-state index is 0.0862. The number of carbonyl (C=O) groups excluding carboxylic acids is 2. The summed E-state index contributed by atoms with van der Waals surface area (Å²) in [6, 6.07) is 24.3. The highest BCUT2D eigenvalue weighted by Crippen LogP contribution is 2.31. The molecule has 0 N–H and O–H groups in total. The summed E-state index contributed by atoms with van der Waals surface area (Å²) in [5.74, 6) is 0. The molecule has 0 fully saturated rings. The Balaban J connectivity index is 1.70. The molecule has 0 atom stereocenters. The third-order valence-electron chi connectivity index (χ3n) is 4.60. The van der Waals surface area contributed by atoms with Crippen molar-refractivity contribution in [2.45, 2.75) is 23.6 Å². The third kappa shape index (κ3) is 5.68. The molecule has 0 aliphatic carbocycles. The summed E-state index contributed by atoms with van der Waals surface area (Å²) >= 11 is 2.48. The van der Waals surface area contributed by atoms with E-state index >= 15 is 0 Å². The lowest BCUT2D eigenvalue weighted by molar-refractivity contribution is -0.109. The number of rotatable bonds is 6. The highest BCUT2D eigenvalue weighted by molar-refractivity contribution is 8.13. The molecule has 0 radical (unpaired) electrons. The van der Waals surface area contributed by atoms with E-state index in [1.165, 1.54) is 23.5 Å². The molecule has 0 aromatic heterocycles. The van der Waals surface area contributed by atoms with Gasteiger partial charge in [-0.25, -0.2) is 0 Å². The summed E-state index contributed by atoms with van der Waals surface area (Å²) in [6.45, 7) is 3.14. The number of nitrogens with zero attached hydrogens (tertiary/aromatic N) is 2. The van der Waals surface area contributed by atoms with E-state index in [-0.39, 0.29) is 10.2 Å². The lowest BCUT2D eigenvalue weighted by atomic mass is 10.2. The summed E-state index contributed by atoms with van der Waals surface area (Å²) in [5, 5.41) is 0.172. The van der Waals surface area contributed by atoms with Gasteiger partial charge < -0.3 is 9.80 Å². The second-order valence-electron chi connectivity index (χ2n) is 6.81. The van der Waals surface area contributed by atoms with Gasteiger partial charge in [-0.2, -0.15) is 0 Å². The predicted octanol–water partition coefficient (Wildman–Crippen LogP) is 6.50. The molecule has 0 saturated carbocycles. The first-order chi connectivity index (χ1) is 14.3. The van der Waals surface area contributed by atoms with E-state index in [1.54, 1.807) is 13.8 Å². The molecule has 0 unspecified atom stereocenters. The Morgan fingerprint density at radius 3 is 1.00 bits per heavy atom. The summed E-state index contributed by atoms with van der Waals surface area (Å²) in [5.41, 5.74) is 4.27. The molecule has 154 valence electrons. The van der Waals surface area contributed by atoms with Gasteiger partial charge >= 0.3 is 0 Å². The molecule has 3 rings (SSSR count). The lowest BCUT2D eigenvalue weighted by Gasteiger charge is -2.23. The van der Waals surface area contributed by atoms with E-state index in [4.69, 9.17) is 0 Å². The Hall–Kier alpha value is -2.70.